The number of hydrogen-bond donors (Lipinski definition) is 2. The molecule has 1 amide bonds. The van der Waals surface area contributed by atoms with Crippen molar-refractivity contribution in [3.05, 3.63) is 34.6 Å². The van der Waals surface area contributed by atoms with Crippen LogP contribution in [0.3, 0.4) is 0 Å². The Hall–Kier alpha value is -1.42. The molecule has 106 valence electrons. The molecule has 0 spiro atoms. The Kier molecular flexibility index (Phi) is 5.06. The molecule has 4 heteroatoms. The number of amides is 1. The summed E-state index contributed by atoms with van der Waals surface area (Å²) in [5.41, 5.74) is 2.04. The van der Waals surface area contributed by atoms with Gasteiger partial charge in [-0.25, -0.2) is 4.39 Å². The van der Waals surface area contributed by atoms with E-state index in [2.05, 4.69) is 10.6 Å². The van der Waals surface area contributed by atoms with Crippen molar-refractivity contribution >= 4 is 5.91 Å². The van der Waals surface area contributed by atoms with E-state index in [4.69, 9.17) is 0 Å². The second-order valence-electron chi connectivity index (χ2n) is 5.95. The van der Waals surface area contributed by atoms with Crippen LogP contribution in [0.4, 0.5) is 4.39 Å². The summed E-state index contributed by atoms with van der Waals surface area (Å²) in [5, 5.41) is 5.94. The first kappa shape index (κ1) is 15.6. The van der Waals surface area contributed by atoms with E-state index in [0.29, 0.717) is 17.7 Å². The van der Waals surface area contributed by atoms with Gasteiger partial charge in [0.2, 0.25) is 5.91 Å². The zero-order valence-electron chi connectivity index (χ0n) is 12.4. The molecule has 0 fully saturated rings. The second-order valence-corrected chi connectivity index (χ2v) is 5.95. The summed E-state index contributed by atoms with van der Waals surface area (Å²) < 4.78 is 13.5. The molecule has 0 bridgehead atoms. The Morgan fingerprint density at radius 2 is 1.74 bits per heavy atom. The number of rotatable bonds is 4. The molecule has 0 saturated carbocycles. The summed E-state index contributed by atoms with van der Waals surface area (Å²) >= 11 is 0. The van der Waals surface area contributed by atoms with E-state index < -0.39 is 0 Å². The SMILES string of the molecule is Cc1cc(CNCC(=O)NC(C)(C)C)cc(C)c1F. The highest BCUT2D eigenvalue weighted by Crippen LogP contribution is 2.14. The molecule has 0 atom stereocenters. The van der Waals surface area contributed by atoms with Crippen molar-refractivity contribution in [2.75, 3.05) is 6.54 Å². The maximum absolute atomic E-state index is 13.5. The predicted molar refractivity (Wildman–Crippen MR) is 75.5 cm³/mol. The van der Waals surface area contributed by atoms with Crippen LogP contribution in [0.25, 0.3) is 0 Å². The minimum absolute atomic E-state index is 0.0388. The highest BCUT2D eigenvalue weighted by Gasteiger charge is 2.13. The standard InChI is InChI=1S/C15H23FN2O/c1-10-6-12(7-11(2)14(10)16)8-17-9-13(19)18-15(3,4)5/h6-7,17H,8-9H2,1-5H3,(H,18,19). The Morgan fingerprint density at radius 1 is 1.21 bits per heavy atom. The van der Waals surface area contributed by atoms with Crippen LogP contribution >= 0.6 is 0 Å². The van der Waals surface area contributed by atoms with E-state index in [9.17, 15) is 9.18 Å². The van der Waals surface area contributed by atoms with Crippen LogP contribution in [0, 0.1) is 19.7 Å². The first-order valence-electron chi connectivity index (χ1n) is 6.46. The van der Waals surface area contributed by atoms with Gasteiger partial charge in [-0.3, -0.25) is 4.79 Å². The van der Waals surface area contributed by atoms with Crippen LogP contribution in [0.5, 0.6) is 0 Å². The zero-order chi connectivity index (χ0) is 14.6. The second kappa shape index (κ2) is 6.15. The molecule has 0 unspecified atom stereocenters. The molecule has 1 aromatic carbocycles. The molecule has 0 aromatic heterocycles. The summed E-state index contributed by atoms with van der Waals surface area (Å²) in [6.07, 6.45) is 0. The molecule has 0 heterocycles. The van der Waals surface area contributed by atoms with Crippen LogP contribution < -0.4 is 10.6 Å². The first-order chi connectivity index (χ1) is 8.69. The molecule has 19 heavy (non-hydrogen) atoms. The third kappa shape index (κ3) is 5.39. The molecule has 3 nitrogen and oxygen atoms in total. The number of hydrogen-bond acceptors (Lipinski definition) is 2. The minimum Gasteiger partial charge on any atom is -0.350 e. The zero-order valence-corrected chi connectivity index (χ0v) is 12.4. The van der Waals surface area contributed by atoms with E-state index >= 15 is 0 Å². The Balaban J connectivity index is 2.48. The molecular formula is C15H23FN2O. The molecular weight excluding hydrogens is 243 g/mol. The van der Waals surface area contributed by atoms with Gasteiger partial charge in [0, 0.05) is 12.1 Å². The number of carbonyl (C=O) groups excluding carboxylic acids is 1. The maximum atomic E-state index is 13.5. The number of benzene rings is 1. The van der Waals surface area contributed by atoms with Crippen molar-refractivity contribution in [1.82, 2.24) is 10.6 Å². The molecule has 0 radical (unpaired) electrons. The normalized spacial score (nSPS) is 11.5. The largest absolute Gasteiger partial charge is 0.350 e. The van der Waals surface area contributed by atoms with Gasteiger partial charge in [-0.2, -0.15) is 0 Å². The molecule has 0 aliphatic heterocycles. The van der Waals surface area contributed by atoms with E-state index in [1.54, 1.807) is 26.0 Å². The summed E-state index contributed by atoms with van der Waals surface area (Å²) in [5.74, 6) is -0.197. The van der Waals surface area contributed by atoms with Crippen molar-refractivity contribution in [1.29, 1.82) is 0 Å². The highest BCUT2D eigenvalue weighted by atomic mass is 19.1. The van der Waals surface area contributed by atoms with Gasteiger partial charge in [-0.15, -0.1) is 0 Å². The van der Waals surface area contributed by atoms with Crippen molar-refractivity contribution in [2.45, 2.75) is 46.7 Å². The Labute approximate surface area is 114 Å². The van der Waals surface area contributed by atoms with Crippen LogP contribution in [0.2, 0.25) is 0 Å². The first-order valence-corrected chi connectivity index (χ1v) is 6.46. The molecule has 0 saturated heterocycles. The predicted octanol–water partition coefficient (Wildman–Crippen LogP) is 2.45. The van der Waals surface area contributed by atoms with Crippen LogP contribution in [-0.2, 0) is 11.3 Å². The van der Waals surface area contributed by atoms with Crippen molar-refractivity contribution in [3.63, 3.8) is 0 Å². The lowest BCUT2D eigenvalue weighted by atomic mass is 10.1. The lowest BCUT2D eigenvalue weighted by molar-refractivity contribution is -0.121. The smallest absolute Gasteiger partial charge is 0.234 e. The lowest BCUT2D eigenvalue weighted by Crippen LogP contribution is -2.44. The molecule has 0 aliphatic carbocycles. The van der Waals surface area contributed by atoms with Crippen LogP contribution in [0.15, 0.2) is 12.1 Å². The third-order valence-corrected chi connectivity index (χ3v) is 2.63. The van der Waals surface area contributed by atoms with Gasteiger partial charge < -0.3 is 10.6 Å². The molecule has 0 aliphatic rings. The molecule has 1 rings (SSSR count). The number of aryl methyl sites for hydroxylation is 2. The van der Waals surface area contributed by atoms with Gasteiger partial charge in [0.05, 0.1) is 6.54 Å². The fraction of sp³-hybridized carbons (Fsp3) is 0.533. The molecule has 2 N–H and O–H groups in total. The summed E-state index contributed by atoms with van der Waals surface area (Å²) in [6, 6.07) is 3.61. The van der Waals surface area contributed by atoms with Gasteiger partial charge in [0.15, 0.2) is 0 Å². The lowest BCUT2D eigenvalue weighted by Gasteiger charge is -2.20. The van der Waals surface area contributed by atoms with E-state index in [1.807, 2.05) is 20.8 Å². The van der Waals surface area contributed by atoms with Gasteiger partial charge >= 0.3 is 0 Å². The summed E-state index contributed by atoms with van der Waals surface area (Å²) in [6.45, 7) is 10.1. The monoisotopic (exact) mass is 266 g/mol. The topological polar surface area (TPSA) is 41.1 Å². The van der Waals surface area contributed by atoms with E-state index in [1.165, 1.54) is 0 Å². The fourth-order valence-corrected chi connectivity index (χ4v) is 1.92. The van der Waals surface area contributed by atoms with Crippen LogP contribution in [0.1, 0.15) is 37.5 Å². The van der Waals surface area contributed by atoms with Crippen molar-refractivity contribution in [3.8, 4) is 0 Å². The maximum Gasteiger partial charge on any atom is 0.234 e. The number of halogens is 1. The number of carbonyl (C=O) groups is 1. The van der Waals surface area contributed by atoms with Crippen LogP contribution in [-0.4, -0.2) is 18.0 Å². The average molecular weight is 266 g/mol. The van der Waals surface area contributed by atoms with Crippen molar-refractivity contribution < 1.29 is 9.18 Å². The summed E-state index contributed by atoms with van der Waals surface area (Å²) in [4.78, 5) is 11.6. The molecule has 1 aromatic rings. The highest BCUT2D eigenvalue weighted by molar-refractivity contribution is 5.78. The minimum atomic E-state index is -0.220. The average Bonchev–Trinajstić information content (AvgIpc) is 2.23. The van der Waals surface area contributed by atoms with Gasteiger partial charge in [-0.1, -0.05) is 12.1 Å². The van der Waals surface area contributed by atoms with E-state index in [0.717, 1.165) is 5.56 Å². The Bertz CT molecular complexity index is 441. The summed E-state index contributed by atoms with van der Waals surface area (Å²) in [7, 11) is 0. The van der Waals surface area contributed by atoms with Gasteiger partial charge in [-0.05, 0) is 51.3 Å². The van der Waals surface area contributed by atoms with E-state index in [-0.39, 0.29) is 23.8 Å². The number of nitrogens with one attached hydrogen (secondary N) is 2. The van der Waals surface area contributed by atoms with Gasteiger partial charge in [0.1, 0.15) is 5.82 Å². The Morgan fingerprint density at radius 3 is 2.21 bits per heavy atom. The quantitative estimate of drug-likeness (QED) is 0.879. The fourth-order valence-electron chi connectivity index (χ4n) is 1.92. The third-order valence-electron chi connectivity index (χ3n) is 2.63. The van der Waals surface area contributed by atoms with Gasteiger partial charge in [0.25, 0.3) is 0 Å². The van der Waals surface area contributed by atoms with Crippen molar-refractivity contribution in [2.24, 2.45) is 0 Å².